The van der Waals surface area contributed by atoms with Gasteiger partial charge in [0.25, 0.3) is 0 Å². The van der Waals surface area contributed by atoms with Crippen LogP contribution < -0.4 is 0 Å². The smallest absolute Gasteiger partial charge is 0.340 e. The molecule has 0 fully saturated rings. The van der Waals surface area contributed by atoms with Crippen LogP contribution in [0.1, 0.15) is 24.5 Å². The third kappa shape index (κ3) is 1.35. The molecule has 0 aromatic heterocycles. The van der Waals surface area contributed by atoms with E-state index in [-0.39, 0.29) is 0 Å². The molecule has 0 amide bonds. The molecule has 3 rings (SSSR count). The number of carboxylic acid groups (broad SMARTS) is 1. The van der Waals surface area contributed by atoms with E-state index in [0.717, 1.165) is 12.0 Å². The Morgan fingerprint density at radius 1 is 1.41 bits per heavy atom. The first-order valence-corrected chi connectivity index (χ1v) is 5.81. The first kappa shape index (κ1) is 10.5. The zero-order valence-electron chi connectivity index (χ0n) is 9.69. The summed E-state index contributed by atoms with van der Waals surface area (Å²) in [6.07, 6.45) is 1.52. The first-order chi connectivity index (χ1) is 8.13. The quantitative estimate of drug-likeness (QED) is 0.805. The molecule has 0 spiro atoms. The minimum atomic E-state index is -1.15. The van der Waals surface area contributed by atoms with E-state index in [1.807, 2.05) is 12.1 Å². The molecule has 1 aromatic carbocycles. The van der Waals surface area contributed by atoms with Crippen molar-refractivity contribution < 1.29 is 14.6 Å². The third-order valence-corrected chi connectivity index (χ3v) is 3.80. The number of ether oxygens (including phenoxy) is 1. The average molecular weight is 230 g/mol. The molecule has 3 heteroatoms. The number of carboxylic acids is 1. The minimum absolute atomic E-state index is 0.482. The van der Waals surface area contributed by atoms with E-state index in [1.165, 1.54) is 16.7 Å². The van der Waals surface area contributed by atoms with Gasteiger partial charge >= 0.3 is 5.97 Å². The molecule has 0 saturated heterocycles. The molecule has 1 aliphatic carbocycles. The molecule has 1 heterocycles. The van der Waals surface area contributed by atoms with Crippen molar-refractivity contribution in [1.29, 1.82) is 0 Å². The molecular weight excluding hydrogens is 216 g/mol. The fourth-order valence-electron chi connectivity index (χ4n) is 2.81. The molecule has 1 aliphatic heterocycles. The Labute approximate surface area is 99.7 Å². The second-order valence-corrected chi connectivity index (χ2v) is 4.73. The summed E-state index contributed by atoms with van der Waals surface area (Å²) in [5.74, 6) is -0.891. The highest BCUT2D eigenvalue weighted by Crippen LogP contribution is 2.44. The van der Waals surface area contributed by atoms with Crippen molar-refractivity contribution >= 4 is 11.5 Å². The lowest BCUT2D eigenvalue weighted by Crippen LogP contribution is -2.43. The lowest BCUT2D eigenvalue weighted by atomic mass is 9.88. The Morgan fingerprint density at radius 3 is 2.94 bits per heavy atom. The summed E-state index contributed by atoms with van der Waals surface area (Å²) < 4.78 is 5.51. The number of benzene rings is 1. The van der Waals surface area contributed by atoms with E-state index in [9.17, 15) is 9.90 Å². The molecule has 1 unspecified atom stereocenters. The standard InChI is InChI=1S/C14H14O3/c1-14(13(15)16)12-8-9-4-2-3-5-10(9)11(12)6-7-17-14/h2-5H,6-8H2,1H3,(H,15,16). The van der Waals surface area contributed by atoms with Crippen LogP contribution in [-0.2, 0) is 16.0 Å². The largest absolute Gasteiger partial charge is 0.479 e. The highest BCUT2D eigenvalue weighted by Gasteiger charge is 2.45. The highest BCUT2D eigenvalue weighted by atomic mass is 16.5. The van der Waals surface area contributed by atoms with Crippen molar-refractivity contribution in [2.24, 2.45) is 0 Å². The molecular formula is C14H14O3. The van der Waals surface area contributed by atoms with Gasteiger partial charge in [-0.3, -0.25) is 0 Å². The van der Waals surface area contributed by atoms with Crippen LogP contribution in [0.4, 0.5) is 0 Å². The van der Waals surface area contributed by atoms with E-state index in [0.29, 0.717) is 13.0 Å². The van der Waals surface area contributed by atoms with Gasteiger partial charge in [0.1, 0.15) is 0 Å². The summed E-state index contributed by atoms with van der Waals surface area (Å²) >= 11 is 0. The summed E-state index contributed by atoms with van der Waals surface area (Å²) in [6, 6.07) is 8.14. The second-order valence-electron chi connectivity index (χ2n) is 4.73. The lowest BCUT2D eigenvalue weighted by molar-refractivity contribution is -0.159. The van der Waals surface area contributed by atoms with Crippen LogP contribution in [-0.4, -0.2) is 23.3 Å². The molecule has 17 heavy (non-hydrogen) atoms. The van der Waals surface area contributed by atoms with Gasteiger partial charge in [0.2, 0.25) is 0 Å². The van der Waals surface area contributed by atoms with Gasteiger partial charge < -0.3 is 9.84 Å². The van der Waals surface area contributed by atoms with Crippen molar-refractivity contribution in [2.45, 2.75) is 25.4 Å². The maximum atomic E-state index is 11.4. The monoisotopic (exact) mass is 230 g/mol. The fourth-order valence-corrected chi connectivity index (χ4v) is 2.81. The van der Waals surface area contributed by atoms with Crippen molar-refractivity contribution in [2.75, 3.05) is 6.61 Å². The zero-order chi connectivity index (χ0) is 12.0. The molecule has 3 nitrogen and oxygen atoms in total. The van der Waals surface area contributed by atoms with Crippen molar-refractivity contribution in [3.05, 3.63) is 41.0 Å². The van der Waals surface area contributed by atoms with E-state index in [1.54, 1.807) is 6.92 Å². The summed E-state index contributed by atoms with van der Waals surface area (Å²) in [7, 11) is 0. The zero-order valence-corrected chi connectivity index (χ0v) is 9.69. The Morgan fingerprint density at radius 2 is 2.18 bits per heavy atom. The van der Waals surface area contributed by atoms with Crippen LogP contribution >= 0.6 is 0 Å². The Hall–Kier alpha value is -1.61. The Kier molecular flexibility index (Phi) is 2.13. The van der Waals surface area contributed by atoms with Crippen LogP contribution in [0, 0.1) is 0 Å². The predicted octanol–water partition coefficient (Wildman–Crippen LogP) is 2.26. The molecule has 88 valence electrons. The van der Waals surface area contributed by atoms with Gasteiger partial charge in [-0.25, -0.2) is 4.79 Å². The number of fused-ring (bicyclic) bond motifs is 2. The van der Waals surface area contributed by atoms with E-state index >= 15 is 0 Å². The minimum Gasteiger partial charge on any atom is -0.479 e. The number of hydrogen-bond donors (Lipinski definition) is 1. The Bertz CT molecular complexity index is 530. The van der Waals surface area contributed by atoms with E-state index < -0.39 is 11.6 Å². The van der Waals surface area contributed by atoms with Crippen LogP contribution in [0.15, 0.2) is 29.8 Å². The molecule has 2 aliphatic rings. The van der Waals surface area contributed by atoms with Crippen molar-refractivity contribution in [3.8, 4) is 0 Å². The van der Waals surface area contributed by atoms with Gasteiger partial charge in [-0.2, -0.15) is 0 Å². The molecule has 0 radical (unpaired) electrons. The molecule has 1 N–H and O–H groups in total. The number of aliphatic carboxylic acids is 1. The van der Waals surface area contributed by atoms with Gasteiger partial charge in [-0.1, -0.05) is 24.3 Å². The molecule has 1 atom stereocenters. The third-order valence-electron chi connectivity index (χ3n) is 3.80. The van der Waals surface area contributed by atoms with Crippen molar-refractivity contribution in [3.63, 3.8) is 0 Å². The van der Waals surface area contributed by atoms with Gasteiger partial charge in [-0.15, -0.1) is 0 Å². The number of carbonyl (C=O) groups is 1. The SMILES string of the molecule is CC1(C(=O)O)OCCC2=C1Cc1ccccc12. The van der Waals surface area contributed by atoms with Gasteiger partial charge in [-0.05, 0) is 42.0 Å². The van der Waals surface area contributed by atoms with E-state index in [4.69, 9.17) is 4.74 Å². The van der Waals surface area contributed by atoms with Crippen LogP contribution in [0.25, 0.3) is 5.57 Å². The molecule has 0 bridgehead atoms. The molecule has 0 saturated carbocycles. The number of rotatable bonds is 1. The summed E-state index contributed by atoms with van der Waals surface area (Å²) in [5.41, 5.74) is 3.38. The summed E-state index contributed by atoms with van der Waals surface area (Å²) in [4.78, 5) is 11.4. The maximum Gasteiger partial charge on any atom is 0.340 e. The predicted molar refractivity (Wildman–Crippen MR) is 63.7 cm³/mol. The number of hydrogen-bond acceptors (Lipinski definition) is 2. The van der Waals surface area contributed by atoms with Crippen LogP contribution in [0.2, 0.25) is 0 Å². The fraction of sp³-hybridized carbons (Fsp3) is 0.357. The lowest BCUT2D eigenvalue weighted by Gasteiger charge is -2.32. The van der Waals surface area contributed by atoms with Gasteiger partial charge in [0, 0.05) is 0 Å². The van der Waals surface area contributed by atoms with E-state index in [2.05, 4.69) is 12.1 Å². The van der Waals surface area contributed by atoms with Gasteiger partial charge in [0.15, 0.2) is 5.60 Å². The average Bonchev–Trinajstić information content (AvgIpc) is 2.70. The first-order valence-electron chi connectivity index (χ1n) is 5.81. The highest BCUT2D eigenvalue weighted by molar-refractivity contribution is 5.90. The van der Waals surface area contributed by atoms with Crippen LogP contribution in [0.5, 0.6) is 0 Å². The summed E-state index contributed by atoms with van der Waals surface area (Å²) in [5, 5.41) is 9.36. The summed E-state index contributed by atoms with van der Waals surface area (Å²) in [6.45, 7) is 2.14. The topological polar surface area (TPSA) is 46.5 Å². The Balaban J connectivity index is 2.15. The normalized spacial score (nSPS) is 26.6. The second kappa shape index (κ2) is 3.44. The van der Waals surface area contributed by atoms with Crippen molar-refractivity contribution in [1.82, 2.24) is 0 Å². The molecule has 1 aromatic rings. The van der Waals surface area contributed by atoms with Gasteiger partial charge in [0.05, 0.1) is 6.61 Å². The van der Waals surface area contributed by atoms with Crippen LogP contribution in [0.3, 0.4) is 0 Å². The maximum absolute atomic E-state index is 11.4.